The molecule has 6 nitrogen and oxygen atoms in total. The van der Waals surface area contributed by atoms with Gasteiger partial charge in [-0.05, 0) is 25.8 Å². The van der Waals surface area contributed by atoms with Crippen molar-refractivity contribution in [2.24, 2.45) is 5.92 Å². The summed E-state index contributed by atoms with van der Waals surface area (Å²) in [5, 5.41) is 13.3. The predicted octanol–water partition coefficient (Wildman–Crippen LogP) is 0.389. The van der Waals surface area contributed by atoms with Crippen molar-refractivity contribution in [3.63, 3.8) is 0 Å². The molecule has 1 heterocycles. The van der Waals surface area contributed by atoms with Gasteiger partial charge in [-0.3, -0.25) is 9.69 Å². The zero-order chi connectivity index (χ0) is 15.9. The fourth-order valence-corrected chi connectivity index (χ4v) is 3.39. The number of likely N-dealkylation sites (N-methyl/N-ethyl adjacent to an activating group) is 1. The molecule has 1 saturated heterocycles. The van der Waals surface area contributed by atoms with Crippen molar-refractivity contribution in [3.8, 4) is 0 Å². The van der Waals surface area contributed by atoms with Crippen LogP contribution in [0.5, 0.6) is 0 Å². The predicted molar refractivity (Wildman–Crippen MR) is 83.6 cm³/mol. The van der Waals surface area contributed by atoms with Gasteiger partial charge >= 0.3 is 0 Å². The molecule has 128 valence electrons. The number of hydrogen-bond donors (Lipinski definition) is 2. The molecule has 1 aliphatic carbocycles. The molecule has 3 atom stereocenters. The second kappa shape index (κ2) is 8.82. The lowest BCUT2D eigenvalue weighted by atomic mass is 9.89. The van der Waals surface area contributed by atoms with Gasteiger partial charge in [0.05, 0.1) is 25.8 Å². The van der Waals surface area contributed by atoms with Gasteiger partial charge in [-0.1, -0.05) is 19.3 Å². The first kappa shape index (κ1) is 17.7. The Bertz CT molecular complexity index is 347. The van der Waals surface area contributed by atoms with Crippen molar-refractivity contribution in [2.75, 3.05) is 40.5 Å². The van der Waals surface area contributed by atoms with E-state index in [-0.39, 0.29) is 24.6 Å². The van der Waals surface area contributed by atoms with E-state index in [1.54, 1.807) is 7.11 Å². The number of nitrogens with one attached hydrogen (secondary N) is 1. The Hall–Kier alpha value is -0.690. The van der Waals surface area contributed by atoms with Crippen LogP contribution in [0.25, 0.3) is 0 Å². The molecule has 1 aliphatic heterocycles. The van der Waals surface area contributed by atoms with Gasteiger partial charge < -0.3 is 19.9 Å². The topological polar surface area (TPSA) is 71.0 Å². The minimum absolute atomic E-state index is 0.0137. The van der Waals surface area contributed by atoms with E-state index in [0.717, 1.165) is 6.54 Å². The SMILES string of the molecule is CO[C@@H]1COC[C@@H](N(C)CC(=O)NCC2CCCCC2)[C@@H]1O. The molecule has 2 N–H and O–H groups in total. The number of carbonyl (C=O) groups excluding carboxylic acids is 1. The number of amides is 1. The lowest BCUT2D eigenvalue weighted by molar-refractivity contribution is -0.145. The number of aliphatic hydroxyl groups excluding tert-OH is 1. The third-order valence-corrected chi connectivity index (χ3v) is 4.92. The van der Waals surface area contributed by atoms with Gasteiger partial charge in [0.15, 0.2) is 0 Å². The van der Waals surface area contributed by atoms with E-state index in [9.17, 15) is 9.90 Å². The maximum absolute atomic E-state index is 12.1. The summed E-state index contributed by atoms with van der Waals surface area (Å²) in [6, 6.07) is -0.209. The Morgan fingerprint density at radius 2 is 2.05 bits per heavy atom. The summed E-state index contributed by atoms with van der Waals surface area (Å²) in [6.07, 6.45) is 5.38. The van der Waals surface area contributed by atoms with Crippen LogP contribution in [-0.4, -0.2) is 74.6 Å². The van der Waals surface area contributed by atoms with E-state index in [1.807, 2.05) is 11.9 Å². The molecule has 1 saturated carbocycles. The Morgan fingerprint density at radius 3 is 2.73 bits per heavy atom. The van der Waals surface area contributed by atoms with Gasteiger partial charge in [-0.25, -0.2) is 0 Å². The van der Waals surface area contributed by atoms with Gasteiger partial charge in [0.2, 0.25) is 5.91 Å². The number of ether oxygens (including phenoxy) is 2. The summed E-state index contributed by atoms with van der Waals surface area (Å²) in [4.78, 5) is 13.9. The van der Waals surface area contributed by atoms with E-state index in [0.29, 0.717) is 19.1 Å². The van der Waals surface area contributed by atoms with Crippen molar-refractivity contribution in [2.45, 2.75) is 50.4 Å². The Labute approximate surface area is 133 Å². The molecule has 0 unspecified atom stereocenters. The average Bonchev–Trinajstić information content (AvgIpc) is 2.54. The van der Waals surface area contributed by atoms with Gasteiger partial charge in [0.1, 0.15) is 12.2 Å². The number of carbonyl (C=O) groups is 1. The highest BCUT2D eigenvalue weighted by molar-refractivity contribution is 5.78. The van der Waals surface area contributed by atoms with Crippen LogP contribution in [0.4, 0.5) is 0 Å². The Balaban J connectivity index is 1.73. The normalized spacial score (nSPS) is 30.5. The highest BCUT2D eigenvalue weighted by Crippen LogP contribution is 2.22. The largest absolute Gasteiger partial charge is 0.389 e. The molecule has 2 rings (SSSR count). The molecule has 0 aromatic rings. The van der Waals surface area contributed by atoms with Crippen LogP contribution in [0, 0.1) is 5.92 Å². The third kappa shape index (κ3) is 4.91. The van der Waals surface area contributed by atoms with Crippen molar-refractivity contribution in [1.29, 1.82) is 0 Å². The minimum Gasteiger partial charge on any atom is -0.389 e. The first-order valence-electron chi connectivity index (χ1n) is 8.37. The van der Waals surface area contributed by atoms with E-state index in [4.69, 9.17) is 9.47 Å². The van der Waals surface area contributed by atoms with Gasteiger partial charge in [-0.15, -0.1) is 0 Å². The number of aliphatic hydroxyl groups is 1. The van der Waals surface area contributed by atoms with Gasteiger partial charge in [0, 0.05) is 13.7 Å². The number of hydrogen-bond acceptors (Lipinski definition) is 5. The van der Waals surface area contributed by atoms with Crippen LogP contribution in [-0.2, 0) is 14.3 Å². The molecule has 0 aromatic heterocycles. The molecule has 2 aliphatic rings. The van der Waals surface area contributed by atoms with Gasteiger partial charge in [0.25, 0.3) is 0 Å². The molecule has 6 heteroatoms. The van der Waals surface area contributed by atoms with Gasteiger partial charge in [-0.2, -0.15) is 0 Å². The summed E-state index contributed by atoms with van der Waals surface area (Å²) in [5.41, 5.74) is 0. The lowest BCUT2D eigenvalue weighted by Crippen LogP contribution is -2.57. The zero-order valence-electron chi connectivity index (χ0n) is 13.8. The van der Waals surface area contributed by atoms with E-state index >= 15 is 0 Å². The first-order chi connectivity index (χ1) is 10.6. The zero-order valence-corrected chi connectivity index (χ0v) is 13.8. The van der Waals surface area contributed by atoms with Crippen molar-refractivity contribution >= 4 is 5.91 Å². The molecule has 0 bridgehead atoms. The maximum atomic E-state index is 12.1. The van der Waals surface area contributed by atoms with Crippen molar-refractivity contribution in [3.05, 3.63) is 0 Å². The summed E-state index contributed by atoms with van der Waals surface area (Å²) < 4.78 is 10.7. The second-order valence-corrected chi connectivity index (χ2v) is 6.59. The summed E-state index contributed by atoms with van der Waals surface area (Å²) >= 11 is 0. The number of nitrogens with zero attached hydrogens (tertiary/aromatic N) is 1. The fraction of sp³-hybridized carbons (Fsp3) is 0.938. The minimum atomic E-state index is -0.630. The Kier molecular flexibility index (Phi) is 7.08. The van der Waals surface area contributed by atoms with Crippen LogP contribution >= 0.6 is 0 Å². The highest BCUT2D eigenvalue weighted by Gasteiger charge is 2.35. The monoisotopic (exact) mass is 314 g/mol. The van der Waals surface area contributed by atoms with Crippen LogP contribution in [0.1, 0.15) is 32.1 Å². The van der Waals surface area contributed by atoms with E-state index < -0.39 is 6.10 Å². The third-order valence-electron chi connectivity index (χ3n) is 4.92. The molecule has 0 aromatic carbocycles. The molecule has 0 spiro atoms. The summed E-state index contributed by atoms with van der Waals surface area (Å²) in [7, 11) is 3.41. The van der Waals surface area contributed by atoms with Crippen LogP contribution in [0.15, 0.2) is 0 Å². The van der Waals surface area contributed by atoms with Crippen LogP contribution < -0.4 is 5.32 Å². The van der Waals surface area contributed by atoms with Crippen molar-refractivity contribution < 1.29 is 19.4 Å². The molecular formula is C16H30N2O4. The molecular weight excluding hydrogens is 284 g/mol. The quantitative estimate of drug-likeness (QED) is 0.742. The standard InChI is InChI=1S/C16H30N2O4/c1-18(13-10-22-11-14(21-2)16(13)20)9-15(19)17-8-12-6-4-3-5-7-12/h12-14,16,20H,3-11H2,1-2H3,(H,17,19)/t13-,14-,16+/m1/s1. The fourth-order valence-electron chi connectivity index (χ4n) is 3.39. The molecule has 22 heavy (non-hydrogen) atoms. The molecule has 2 fully saturated rings. The second-order valence-electron chi connectivity index (χ2n) is 6.59. The molecule has 1 amide bonds. The number of methoxy groups -OCH3 is 1. The highest BCUT2D eigenvalue weighted by atomic mass is 16.5. The van der Waals surface area contributed by atoms with Crippen LogP contribution in [0.3, 0.4) is 0 Å². The van der Waals surface area contributed by atoms with E-state index in [1.165, 1.54) is 32.1 Å². The molecule has 0 radical (unpaired) electrons. The smallest absolute Gasteiger partial charge is 0.234 e. The number of rotatable bonds is 6. The summed E-state index contributed by atoms with van der Waals surface area (Å²) in [5.74, 6) is 0.643. The van der Waals surface area contributed by atoms with E-state index in [2.05, 4.69) is 5.32 Å². The van der Waals surface area contributed by atoms with Crippen LogP contribution in [0.2, 0.25) is 0 Å². The lowest BCUT2D eigenvalue weighted by Gasteiger charge is -2.38. The first-order valence-corrected chi connectivity index (χ1v) is 8.37. The van der Waals surface area contributed by atoms with Crippen molar-refractivity contribution in [1.82, 2.24) is 10.2 Å². The maximum Gasteiger partial charge on any atom is 0.234 e. The Morgan fingerprint density at radius 1 is 1.32 bits per heavy atom. The average molecular weight is 314 g/mol. The summed E-state index contributed by atoms with van der Waals surface area (Å²) in [6.45, 7) is 1.87.